The molecule has 3 aromatic rings. The van der Waals surface area contributed by atoms with Gasteiger partial charge in [-0.1, -0.05) is 12.1 Å². The molecule has 0 aliphatic heterocycles. The fraction of sp³-hybridized carbons (Fsp3) is 0.0500. The molecule has 27 heavy (non-hydrogen) atoms. The van der Waals surface area contributed by atoms with Gasteiger partial charge >= 0.3 is 0 Å². The van der Waals surface area contributed by atoms with Gasteiger partial charge in [-0.15, -0.1) is 0 Å². The Labute approximate surface area is 155 Å². The van der Waals surface area contributed by atoms with Crippen LogP contribution in [0, 0.1) is 5.82 Å². The van der Waals surface area contributed by atoms with E-state index in [1.54, 1.807) is 48.5 Å². The number of para-hydroxylation sites is 1. The maximum Gasteiger partial charge on any atom is 0.255 e. The Kier molecular flexibility index (Phi) is 5.41. The first-order chi connectivity index (χ1) is 13.0. The average molecular weight is 364 g/mol. The van der Waals surface area contributed by atoms with Crippen molar-refractivity contribution in [2.75, 3.05) is 16.0 Å². The SMILES string of the molecule is CC(=O)Nc1ccc(Nc2cc(C(=O)Nc3ccccc3F)ccn2)cc1. The second-order valence-electron chi connectivity index (χ2n) is 5.75. The molecule has 0 saturated heterocycles. The summed E-state index contributed by atoms with van der Waals surface area (Å²) in [7, 11) is 0. The van der Waals surface area contributed by atoms with Gasteiger partial charge in [-0.05, 0) is 48.5 Å². The molecule has 0 bridgehead atoms. The first kappa shape index (κ1) is 18.1. The van der Waals surface area contributed by atoms with Gasteiger partial charge in [-0.25, -0.2) is 9.37 Å². The molecular weight excluding hydrogens is 347 g/mol. The third-order valence-corrected chi connectivity index (χ3v) is 3.62. The van der Waals surface area contributed by atoms with E-state index in [9.17, 15) is 14.0 Å². The molecule has 3 N–H and O–H groups in total. The molecular formula is C20H17FN4O2. The van der Waals surface area contributed by atoms with Gasteiger partial charge in [-0.2, -0.15) is 0 Å². The number of carbonyl (C=O) groups excluding carboxylic acids is 2. The summed E-state index contributed by atoms with van der Waals surface area (Å²) < 4.78 is 13.7. The fourth-order valence-corrected chi connectivity index (χ4v) is 2.39. The third kappa shape index (κ3) is 4.88. The average Bonchev–Trinajstić information content (AvgIpc) is 2.65. The Hall–Kier alpha value is -3.74. The summed E-state index contributed by atoms with van der Waals surface area (Å²) in [5.41, 5.74) is 1.87. The predicted molar refractivity (Wildman–Crippen MR) is 103 cm³/mol. The van der Waals surface area contributed by atoms with Gasteiger partial charge in [-0.3, -0.25) is 9.59 Å². The standard InChI is InChI=1S/C20H17FN4O2/c1-13(26)23-15-6-8-16(9-7-15)24-19-12-14(10-11-22-19)20(27)25-18-5-3-2-4-17(18)21/h2-12H,1H3,(H,22,24)(H,23,26)(H,25,27). The zero-order valence-electron chi connectivity index (χ0n) is 14.5. The van der Waals surface area contributed by atoms with E-state index in [-0.39, 0.29) is 11.6 Å². The highest BCUT2D eigenvalue weighted by atomic mass is 19.1. The molecule has 7 heteroatoms. The first-order valence-corrected chi connectivity index (χ1v) is 8.18. The molecule has 0 unspecified atom stereocenters. The molecule has 0 spiro atoms. The van der Waals surface area contributed by atoms with Crippen LogP contribution in [0.1, 0.15) is 17.3 Å². The Bertz CT molecular complexity index is 974. The van der Waals surface area contributed by atoms with E-state index < -0.39 is 11.7 Å². The molecule has 0 aliphatic rings. The van der Waals surface area contributed by atoms with Gasteiger partial charge in [0.1, 0.15) is 11.6 Å². The van der Waals surface area contributed by atoms with Crippen LogP contribution in [-0.4, -0.2) is 16.8 Å². The van der Waals surface area contributed by atoms with E-state index in [4.69, 9.17) is 0 Å². The minimum atomic E-state index is -0.502. The second kappa shape index (κ2) is 8.09. The Morgan fingerprint density at radius 2 is 1.63 bits per heavy atom. The number of carbonyl (C=O) groups is 2. The molecule has 2 amide bonds. The Morgan fingerprint density at radius 1 is 0.926 bits per heavy atom. The lowest BCUT2D eigenvalue weighted by atomic mass is 10.2. The number of hydrogen-bond donors (Lipinski definition) is 3. The number of nitrogens with one attached hydrogen (secondary N) is 3. The number of hydrogen-bond acceptors (Lipinski definition) is 4. The van der Waals surface area contributed by atoms with Crippen LogP contribution in [0.2, 0.25) is 0 Å². The maximum absolute atomic E-state index is 13.7. The molecule has 3 rings (SSSR count). The van der Waals surface area contributed by atoms with Crippen LogP contribution in [0.3, 0.4) is 0 Å². The van der Waals surface area contributed by atoms with Crippen molar-refractivity contribution < 1.29 is 14.0 Å². The van der Waals surface area contributed by atoms with Crippen LogP contribution in [-0.2, 0) is 4.79 Å². The van der Waals surface area contributed by atoms with Crippen LogP contribution in [0.4, 0.5) is 27.3 Å². The number of nitrogens with zero attached hydrogens (tertiary/aromatic N) is 1. The first-order valence-electron chi connectivity index (χ1n) is 8.18. The molecule has 1 aromatic heterocycles. The van der Waals surface area contributed by atoms with Gasteiger partial charge in [0, 0.05) is 30.1 Å². The van der Waals surface area contributed by atoms with Crippen molar-refractivity contribution in [2.45, 2.75) is 6.92 Å². The highest BCUT2D eigenvalue weighted by molar-refractivity contribution is 6.04. The molecule has 6 nitrogen and oxygen atoms in total. The van der Waals surface area contributed by atoms with Crippen molar-refractivity contribution in [1.82, 2.24) is 4.98 Å². The lowest BCUT2D eigenvalue weighted by Crippen LogP contribution is -2.13. The van der Waals surface area contributed by atoms with Crippen LogP contribution < -0.4 is 16.0 Å². The number of benzene rings is 2. The van der Waals surface area contributed by atoms with Crippen molar-refractivity contribution in [3.8, 4) is 0 Å². The van der Waals surface area contributed by atoms with Crippen LogP contribution in [0.15, 0.2) is 66.9 Å². The van der Waals surface area contributed by atoms with Crippen LogP contribution in [0.5, 0.6) is 0 Å². The van der Waals surface area contributed by atoms with E-state index in [2.05, 4.69) is 20.9 Å². The number of rotatable bonds is 5. The lowest BCUT2D eigenvalue weighted by molar-refractivity contribution is -0.114. The summed E-state index contributed by atoms with van der Waals surface area (Å²) >= 11 is 0. The summed E-state index contributed by atoms with van der Waals surface area (Å²) in [6.45, 7) is 1.44. The van der Waals surface area contributed by atoms with Crippen molar-refractivity contribution >= 4 is 34.7 Å². The minimum absolute atomic E-state index is 0.113. The van der Waals surface area contributed by atoms with Crippen molar-refractivity contribution in [3.63, 3.8) is 0 Å². The third-order valence-electron chi connectivity index (χ3n) is 3.62. The quantitative estimate of drug-likeness (QED) is 0.634. The number of halogens is 1. The molecule has 1 heterocycles. The summed E-state index contributed by atoms with van der Waals surface area (Å²) in [6, 6.07) is 16.1. The summed E-state index contributed by atoms with van der Waals surface area (Å²) in [4.78, 5) is 27.6. The van der Waals surface area contributed by atoms with Crippen LogP contribution in [0.25, 0.3) is 0 Å². The predicted octanol–water partition coefficient (Wildman–Crippen LogP) is 4.18. The second-order valence-corrected chi connectivity index (χ2v) is 5.75. The van der Waals surface area contributed by atoms with Gasteiger partial charge < -0.3 is 16.0 Å². The maximum atomic E-state index is 13.7. The van der Waals surface area contributed by atoms with Crippen molar-refractivity contribution in [1.29, 1.82) is 0 Å². The number of amides is 2. The Morgan fingerprint density at radius 3 is 2.33 bits per heavy atom. The van der Waals surface area contributed by atoms with E-state index in [1.165, 1.54) is 25.3 Å². The largest absolute Gasteiger partial charge is 0.340 e. The van der Waals surface area contributed by atoms with E-state index in [1.807, 2.05) is 0 Å². The lowest BCUT2D eigenvalue weighted by Gasteiger charge is -2.09. The van der Waals surface area contributed by atoms with Gasteiger partial charge in [0.25, 0.3) is 5.91 Å². The van der Waals surface area contributed by atoms with Crippen molar-refractivity contribution in [2.24, 2.45) is 0 Å². The highest BCUT2D eigenvalue weighted by Gasteiger charge is 2.10. The molecule has 136 valence electrons. The summed E-state index contributed by atoms with van der Waals surface area (Å²) in [5, 5.41) is 8.29. The molecule has 0 atom stereocenters. The van der Waals surface area contributed by atoms with E-state index >= 15 is 0 Å². The zero-order valence-corrected chi connectivity index (χ0v) is 14.5. The molecule has 0 fully saturated rings. The zero-order chi connectivity index (χ0) is 19.2. The molecule has 0 aliphatic carbocycles. The van der Waals surface area contributed by atoms with Crippen LogP contribution >= 0.6 is 0 Å². The van der Waals surface area contributed by atoms with Gasteiger partial charge in [0.2, 0.25) is 5.91 Å². The number of pyridine rings is 1. The summed E-state index contributed by atoms with van der Waals surface area (Å²) in [5.74, 6) is -0.626. The molecule has 0 radical (unpaired) electrons. The van der Waals surface area contributed by atoms with Gasteiger partial charge in [0.05, 0.1) is 5.69 Å². The normalized spacial score (nSPS) is 10.1. The topological polar surface area (TPSA) is 83.1 Å². The smallest absolute Gasteiger partial charge is 0.255 e. The number of anilines is 4. The van der Waals surface area contributed by atoms with Crippen molar-refractivity contribution in [3.05, 3.63) is 78.2 Å². The van der Waals surface area contributed by atoms with E-state index in [0.29, 0.717) is 17.1 Å². The highest BCUT2D eigenvalue weighted by Crippen LogP contribution is 2.19. The molecule has 0 saturated carbocycles. The fourth-order valence-electron chi connectivity index (χ4n) is 2.39. The monoisotopic (exact) mass is 364 g/mol. The minimum Gasteiger partial charge on any atom is -0.340 e. The summed E-state index contributed by atoms with van der Waals surface area (Å²) in [6.07, 6.45) is 1.49. The number of aromatic nitrogens is 1. The van der Waals surface area contributed by atoms with E-state index in [0.717, 1.165) is 5.69 Å². The molecule has 2 aromatic carbocycles. The van der Waals surface area contributed by atoms with Gasteiger partial charge in [0.15, 0.2) is 0 Å². The Balaban J connectivity index is 1.70.